The van der Waals surface area contributed by atoms with Crippen LogP contribution in [0.25, 0.3) is 0 Å². The van der Waals surface area contributed by atoms with E-state index < -0.39 is 28.5 Å². The van der Waals surface area contributed by atoms with Crippen molar-refractivity contribution in [3.8, 4) is 0 Å². The number of anilines is 1. The first-order chi connectivity index (χ1) is 16.3. The van der Waals surface area contributed by atoms with Crippen LogP contribution in [0, 0.1) is 9.49 Å². The van der Waals surface area contributed by atoms with Gasteiger partial charge in [0.25, 0.3) is 0 Å². The molecule has 1 atom stereocenters. The van der Waals surface area contributed by atoms with Crippen LogP contribution in [0.15, 0.2) is 42.5 Å². The van der Waals surface area contributed by atoms with Crippen LogP contribution in [-0.4, -0.2) is 50.5 Å². The predicted octanol–water partition coefficient (Wildman–Crippen LogP) is 4.94. The number of rotatable bonds is 11. The van der Waals surface area contributed by atoms with E-state index >= 15 is 0 Å². The normalized spacial score (nSPS) is 12.3. The van der Waals surface area contributed by atoms with Crippen molar-refractivity contribution in [1.29, 1.82) is 0 Å². The van der Waals surface area contributed by atoms with Crippen LogP contribution >= 0.6 is 45.8 Å². The summed E-state index contributed by atoms with van der Waals surface area (Å²) in [4.78, 5) is 28.1. The van der Waals surface area contributed by atoms with Crippen molar-refractivity contribution in [3.05, 3.63) is 61.6 Å². The third kappa shape index (κ3) is 8.51. The zero-order chi connectivity index (χ0) is 26.3. The summed E-state index contributed by atoms with van der Waals surface area (Å²) in [6.07, 6.45) is 1.36. The second-order valence-electron chi connectivity index (χ2n) is 8.53. The van der Waals surface area contributed by atoms with Crippen molar-refractivity contribution in [2.75, 3.05) is 23.7 Å². The molecular weight excluding hydrogens is 624 g/mol. The fraction of sp³-hybridized carbons (Fsp3) is 0.417. The van der Waals surface area contributed by atoms with Gasteiger partial charge < -0.3 is 10.2 Å². The Balaban J connectivity index is 2.47. The molecule has 192 valence electrons. The van der Waals surface area contributed by atoms with Crippen LogP contribution in [0.1, 0.15) is 32.8 Å². The Morgan fingerprint density at radius 2 is 1.63 bits per heavy atom. The van der Waals surface area contributed by atoms with Crippen molar-refractivity contribution < 1.29 is 18.0 Å². The zero-order valence-electron chi connectivity index (χ0n) is 20.1. The van der Waals surface area contributed by atoms with Crippen LogP contribution < -0.4 is 9.62 Å². The van der Waals surface area contributed by atoms with E-state index in [-0.39, 0.29) is 18.4 Å². The average molecular weight is 654 g/mol. The SMILES string of the molecule is CC[C@@H](C(=O)NCC(C)C)N(Cc1c(Cl)cccc1Cl)C(=O)CN(c1ccc(I)cc1)S(C)(=O)=O. The highest BCUT2D eigenvalue weighted by molar-refractivity contribution is 14.1. The molecule has 0 spiro atoms. The Kier molecular flexibility index (Phi) is 11.1. The van der Waals surface area contributed by atoms with Crippen LogP contribution in [-0.2, 0) is 26.2 Å². The number of carbonyl (C=O) groups is 2. The van der Waals surface area contributed by atoms with E-state index in [2.05, 4.69) is 27.9 Å². The minimum Gasteiger partial charge on any atom is -0.354 e. The average Bonchev–Trinajstić information content (AvgIpc) is 2.77. The number of nitrogens with zero attached hydrogens (tertiary/aromatic N) is 2. The molecule has 0 heterocycles. The van der Waals surface area contributed by atoms with Crippen LogP contribution in [0.5, 0.6) is 0 Å². The molecule has 2 rings (SSSR count). The molecule has 0 radical (unpaired) electrons. The lowest BCUT2D eigenvalue weighted by Gasteiger charge is -2.33. The van der Waals surface area contributed by atoms with Gasteiger partial charge in [0.1, 0.15) is 12.6 Å². The van der Waals surface area contributed by atoms with Gasteiger partial charge in [-0.1, -0.05) is 50.0 Å². The highest BCUT2D eigenvalue weighted by Gasteiger charge is 2.32. The van der Waals surface area contributed by atoms with Crippen LogP contribution in [0.2, 0.25) is 10.0 Å². The van der Waals surface area contributed by atoms with Gasteiger partial charge in [-0.05, 0) is 71.3 Å². The number of nitrogens with one attached hydrogen (secondary N) is 1. The smallest absolute Gasteiger partial charge is 0.244 e. The molecule has 35 heavy (non-hydrogen) atoms. The van der Waals surface area contributed by atoms with E-state index in [1.165, 1.54) is 4.90 Å². The van der Waals surface area contributed by atoms with Crippen molar-refractivity contribution in [2.45, 2.75) is 39.8 Å². The van der Waals surface area contributed by atoms with Crippen LogP contribution in [0.3, 0.4) is 0 Å². The maximum absolute atomic E-state index is 13.7. The third-order valence-corrected chi connectivity index (χ3v) is 7.82. The quantitative estimate of drug-likeness (QED) is 0.348. The molecule has 0 fully saturated rings. The van der Waals surface area contributed by atoms with Crippen LogP contribution in [0.4, 0.5) is 5.69 Å². The second kappa shape index (κ2) is 13.1. The fourth-order valence-electron chi connectivity index (χ4n) is 3.42. The zero-order valence-corrected chi connectivity index (χ0v) is 24.6. The van der Waals surface area contributed by atoms with Gasteiger partial charge in [-0.15, -0.1) is 0 Å². The van der Waals surface area contributed by atoms with Crippen molar-refractivity contribution in [1.82, 2.24) is 10.2 Å². The molecule has 0 unspecified atom stereocenters. The summed E-state index contributed by atoms with van der Waals surface area (Å²) in [5, 5.41) is 3.58. The van der Waals surface area contributed by atoms with Gasteiger partial charge in [-0.2, -0.15) is 0 Å². The van der Waals surface area contributed by atoms with Gasteiger partial charge in [-0.25, -0.2) is 8.42 Å². The summed E-state index contributed by atoms with van der Waals surface area (Å²) in [6, 6.07) is 10.9. The summed E-state index contributed by atoms with van der Waals surface area (Å²) >= 11 is 14.9. The van der Waals surface area contributed by atoms with Gasteiger partial charge in [-0.3, -0.25) is 13.9 Å². The summed E-state index contributed by atoms with van der Waals surface area (Å²) in [5.41, 5.74) is 0.841. The highest BCUT2D eigenvalue weighted by atomic mass is 127. The molecule has 0 saturated carbocycles. The van der Waals surface area contributed by atoms with Gasteiger partial charge in [0.05, 0.1) is 11.9 Å². The summed E-state index contributed by atoms with van der Waals surface area (Å²) < 4.78 is 27.2. The Labute approximate surface area is 231 Å². The Morgan fingerprint density at radius 3 is 2.11 bits per heavy atom. The van der Waals surface area contributed by atoms with E-state index in [1.54, 1.807) is 49.4 Å². The van der Waals surface area contributed by atoms with Crippen molar-refractivity contribution in [2.24, 2.45) is 5.92 Å². The number of hydrogen-bond acceptors (Lipinski definition) is 4. The monoisotopic (exact) mass is 653 g/mol. The number of amides is 2. The minimum absolute atomic E-state index is 0.0464. The summed E-state index contributed by atoms with van der Waals surface area (Å²) in [7, 11) is -3.79. The van der Waals surface area contributed by atoms with Gasteiger partial charge in [0.15, 0.2) is 0 Å². The lowest BCUT2D eigenvalue weighted by atomic mass is 10.1. The van der Waals surface area contributed by atoms with E-state index in [0.29, 0.717) is 34.3 Å². The summed E-state index contributed by atoms with van der Waals surface area (Å²) in [5.74, 6) is -0.644. The van der Waals surface area contributed by atoms with Crippen molar-refractivity contribution >= 4 is 73.3 Å². The predicted molar refractivity (Wildman–Crippen MR) is 150 cm³/mol. The van der Waals surface area contributed by atoms with Crippen molar-refractivity contribution in [3.63, 3.8) is 0 Å². The number of sulfonamides is 1. The van der Waals surface area contributed by atoms with Gasteiger partial charge >= 0.3 is 0 Å². The molecule has 0 aliphatic rings. The number of hydrogen-bond donors (Lipinski definition) is 1. The Bertz CT molecular complexity index is 1120. The molecule has 0 saturated heterocycles. The largest absolute Gasteiger partial charge is 0.354 e. The maximum atomic E-state index is 13.7. The maximum Gasteiger partial charge on any atom is 0.244 e. The molecule has 0 aliphatic heterocycles. The van der Waals surface area contributed by atoms with E-state index in [9.17, 15) is 18.0 Å². The highest BCUT2D eigenvalue weighted by Crippen LogP contribution is 2.28. The molecule has 2 aromatic rings. The molecular formula is C24H30Cl2IN3O4S. The van der Waals surface area contributed by atoms with Gasteiger partial charge in [0, 0.05) is 32.3 Å². The first kappa shape index (κ1) is 29.7. The second-order valence-corrected chi connectivity index (χ2v) is 12.5. The molecule has 0 bridgehead atoms. The standard InChI is InChI=1S/C24H30Cl2IN3O4S/c1-5-22(24(32)28-13-16(2)3)29(14-19-20(25)7-6-8-21(19)26)23(31)15-30(35(4,33)34)18-11-9-17(27)10-12-18/h6-12,16,22H,5,13-15H2,1-4H3,(H,28,32)/t22-/m0/s1. The van der Waals surface area contributed by atoms with E-state index in [4.69, 9.17) is 23.2 Å². The number of benzene rings is 2. The number of halogens is 3. The molecule has 0 aromatic heterocycles. The molecule has 1 N–H and O–H groups in total. The van der Waals surface area contributed by atoms with E-state index in [0.717, 1.165) is 14.1 Å². The fourth-order valence-corrected chi connectivity index (χ4v) is 5.14. The third-order valence-electron chi connectivity index (χ3n) is 5.25. The first-order valence-electron chi connectivity index (χ1n) is 11.1. The summed E-state index contributed by atoms with van der Waals surface area (Å²) in [6.45, 7) is 5.66. The molecule has 11 heteroatoms. The molecule has 2 amide bonds. The Hall–Kier alpha value is -1.56. The topological polar surface area (TPSA) is 86.8 Å². The molecule has 2 aromatic carbocycles. The molecule has 7 nitrogen and oxygen atoms in total. The first-order valence-corrected chi connectivity index (χ1v) is 14.8. The lowest BCUT2D eigenvalue weighted by molar-refractivity contribution is -0.140. The molecule has 0 aliphatic carbocycles. The Morgan fingerprint density at radius 1 is 1.06 bits per heavy atom. The minimum atomic E-state index is -3.79. The lowest BCUT2D eigenvalue weighted by Crippen LogP contribution is -2.52. The number of carbonyl (C=O) groups excluding carboxylic acids is 2. The van der Waals surface area contributed by atoms with E-state index in [1.807, 2.05) is 13.8 Å². The van der Waals surface area contributed by atoms with Gasteiger partial charge in [0.2, 0.25) is 21.8 Å².